The van der Waals surface area contributed by atoms with Crippen LogP contribution in [0, 0.1) is 12.8 Å². The summed E-state index contributed by atoms with van der Waals surface area (Å²) in [6.07, 6.45) is 5.64. The SMILES string of the molecule is Cc1nc(S(=O)(=O)N2CCC(C(=O)N3CC=C(c4ccccc4)CC3)CC2)cn1C. The maximum Gasteiger partial charge on any atom is 0.262 e. The first-order valence-electron chi connectivity index (χ1n) is 10.4. The molecule has 2 aliphatic rings. The van der Waals surface area contributed by atoms with Crippen molar-refractivity contribution in [3.8, 4) is 0 Å². The number of imidazole rings is 1. The monoisotopic (exact) mass is 428 g/mol. The fourth-order valence-electron chi connectivity index (χ4n) is 4.17. The van der Waals surface area contributed by atoms with Gasteiger partial charge in [0.25, 0.3) is 10.0 Å². The molecule has 1 fully saturated rings. The van der Waals surface area contributed by atoms with Gasteiger partial charge in [-0.1, -0.05) is 36.4 Å². The predicted octanol–water partition coefficient (Wildman–Crippen LogP) is 2.45. The minimum absolute atomic E-state index is 0.0851. The Bertz CT molecular complexity index is 1030. The van der Waals surface area contributed by atoms with Crippen molar-refractivity contribution in [1.29, 1.82) is 0 Å². The third-order valence-corrected chi connectivity index (χ3v) is 7.93. The van der Waals surface area contributed by atoms with Gasteiger partial charge in [-0.25, -0.2) is 13.4 Å². The highest BCUT2D eigenvalue weighted by Gasteiger charge is 2.35. The van der Waals surface area contributed by atoms with E-state index in [1.165, 1.54) is 15.4 Å². The molecule has 1 amide bonds. The van der Waals surface area contributed by atoms with Gasteiger partial charge in [0, 0.05) is 45.3 Å². The second-order valence-corrected chi connectivity index (χ2v) is 9.93. The molecule has 0 N–H and O–H groups in total. The first kappa shape index (κ1) is 20.8. The number of carbonyl (C=O) groups excluding carboxylic acids is 1. The van der Waals surface area contributed by atoms with Crippen molar-refractivity contribution in [2.24, 2.45) is 13.0 Å². The zero-order valence-corrected chi connectivity index (χ0v) is 18.3. The van der Waals surface area contributed by atoms with E-state index in [1.54, 1.807) is 24.7 Å². The van der Waals surface area contributed by atoms with Gasteiger partial charge in [-0.2, -0.15) is 4.31 Å². The molecule has 0 aliphatic carbocycles. The van der Waals surface area contributed by atoms with Gasteiger partial charge in [0.2, 0.25) is 5.91 Å². The van der Waals surface area contributed by atoms with Gasteiger partial charge < -0.3 is 9.47 Å². The van der Waals surface area contributed by atoms with Gasteiger partial charge in [0.1, 0.15) is 5.82 Å². The quantitative estimate of drug-likeness (QED) is 0.750. The van der Waals surface area contributed by atoms with E-state index in [2.05, 4.69) is 23.2 Å². The van der Waals surface area contributed by atoms with Crippen LogP contribution in [0.2, 0.25) is 0 Å². The van der Waals surface area contributed by atoms with Crippen LogP contribution in [0.3, 0.4) is 0 Å². The Hall–Kier alpha value is -2.45. The fourth-order valence-corrected chi connectivity index (χ4v) is 5.66. The van der Waals surface area contributed by atoms with Crippen LogP contribution in [0.4, 0.5) is 0 Å². The van der Waals surface area contributed by atoms with Crippen molar-refractivity contribution < 1.29 is 13.2 Å². The van der Waals surface area contributed by atoms with E-state index in [1.807, 2.05) is 23.1 Å². The molecular formula is C22H28N4O3S. The molecule has 1 aromatic carbocycles. The summed E-state index contributed by atoms with van der Waals surface area (Å²) in [4.78, 5) is 19.1. The molecule has 4 rings (SSSR count). The summed E-state index contributed by atoms with van der Waals surface area (Å²) < 4.78 is 28.9. The number of amides is 1. The Kier molecular flexibility index (Phi) is 5.79. The van der Waals surface area contributed by atoms with E-state index in [-0.39, 0.29) is 16.9 Å². The molecule has 1 aromatic heterocycles. The van der Waals surface area contributed by atoms with Crippen LogP contribution >= 0.6 is 0 Å². The molecular weight excluding hydrogens is 400 g/mol. The molecule has 2 aliphatic heterocycles. The van der Waals surface area contributed by atoms with Gasteiger partial charge in [-0.3, -0.25) is 4.79 Å². The average Bonchev–Trinajstić information content (AvgIpc) is 3.13. The summed E-state index contributed by atoms with van der Waals surface area (Å²) in [5.74, 6) is 0.685. The predicted molar refractivity (Wildman–Crippen MR) is 115 cm³/mol. The number of hydrogen-bond donors (Lipinski definition) is 0. The van der Waals surface area contributed by atoms with Crippen LogP contribution in [0.1, 0.15) is 30.7 Å². The molecule has 0 unspecified atom stereocenters. The summed E-state index contributed by atoms with van der Waals surface area (Å²) in [5, 5.41) is 0.0851. The third-order valence-electron chi connectivity index (χ3n) is 6.16. The van der Waals surface area contributed by atoms with Gasteiger partial charge in [-0.05, 0) is 37.3 Å². The Morgan fingerprint density at radius 3 is 2.37 bits per heavy atom. The lowest BCUT2D eigenvalue weighted by atomic mass is 9.94. The molecule has 30 heavy (non-hydrogen) atoms. The summed E-state index contributed by atoms with van der Waals surface area (Å²) in [7, 11) is -1.83. The highest BCUT2D eigenvalue weighted by atomic mass is 32.2. The van der Waals surface area contributed by atoms with Crippen LogP contribution in [0.25, 0.3) is 5.57 Å². The van der Waals surface area contributed by atoms with Crippen molar-refractivity contribution in [3.05, 3.63) is 54.0 Å². The lowest BCUT2D eigenvalue weighted by Crippen LogP contribution is -2.45. The minimum Gasteiger partial charge on any atom is -0.338 e. The van der Waals surface area contributed by atoms with E-state index in [0.717, 1.165) is 6.42 Å². The first-order valence-corrected chi connectivity index (χ1v) is 11.8. The number of sulfonamides is 1. The molecule has 3 heterocycles. The molecule has 0 atom stereocenters. The molecule has 1 saturated heterocycles. The normalized spacial score (nSPS) is 19.0. The Morgan fingerprint density at radius 1 is 1.10 bits per heavy atom. The number of nitrogens with zero attached hydrogens (tertiary/aromatic N) is 4. The molecule has 8 heteroatoms. The Morgan fingerprint density at radius 2 is 1.80 bits per heavy atom. The van der Waals surface area contributed by atoms with Crippen molar-refractivity contribution >= 4 is 21.5 Å². The van der Waals surface area contributed by atoms with Gasteiger partial charge in [0.05, 0.1) is 0 Å². The topological polar surface area (TPSA) is 75.5 Å². The van der Waals surface area contributed by atoms with Crippen LogP contribution < -0.4 is 0 Å². The van der Waals surface area contributed by atoms with Gasteiger partial charge >= 0.3 is 0 Å². The Labute approximate surface area is 178 Å². The van der Waals surface area contributed by atoms with Crippen molar-refractivity contribution in [2.45, 2.75) is 31.2 Å². The Balaban J connectivity index is 1.35. The molecule has 0 bridgehead atoms. The number of aryl methyl sites for hydroxylation is 2. The molecule has 2 aromatic rings. The summed E-state index contributed by atoms with van der Waals surface area (Å²) in [6.45, 7) is 3.82. The fraction of sp³-hybridized carbons (Fsp3) is 0.455. The highest BCUT2D eigenvalue weighted by molar-refractivity contribution is 7.89. The first-order chi connectivity index (χ1) is 14.4. The number of hydrogen-bond acceptors (Lipinski definition) is 4. The summed E-state index contributed by atoms with van der Waals surface area (Å²) >= 11 is 0. The van der Waals surface area contributed by atoms with Crippen LogP contribution in [-0.4, -0.2) is 59.3 Å². The lowest BCUT2D eigenvalue weighted by Gasteiger charge is -2.34. The van der Waals surface area contributed by atoms with Crippen molar-refractivity contribution in [1.82, 2.24) is 18.8 Å². The zero-order valence-electron chi connectivity index (χ0n) is 17.5. The smallest absolute Gasteiger partial charge is 0.262 e. The molecule has 0 saturated carbocycles. The summed E-state index contributed by atoms with van der Waals surface area (Å²) in [6, 6.07) is 10.3. The van der Waals surface area contributed by atoms with Crippen molar-refractivity contribution in [2.75, 3.05) is 26.2 Å². The average molecular weight is 429 g/mol. The lowest BCUT2D eigenvalue weighted by molar-refractivity contribution is -0.136. The standard InChI is InChI=1S/C22H28N4O3S/c1-17-23-21(16-24(17)2)30(28,29)26-14-10-20(11-15-26)22(27)25-12-8-19(9-13-25)18-6-4-3-5-7-18/h3-8,16,20H,9-15H2,1-2H3. The maximum atomic E-state index is 13.0. The van der Waals surface area contributed by atoms with Crippen LogP contribution in [0.15, 0.2) is 47.6 Å². The second-order valence-electron chi connectivity index (χ2n) is 8.05. The van der Waals surface area contributed by atoms with Crippen LogP contribution in [0.5, 0.6) is 0 Å². The zero-order chi connectivity index (χ0) is 21.3. The number of carbonyl (C=O) groups is 1. The number of piperidine rings is 1. The van der Waals surface area contributed by atoms with Gasteiger partial charge in [0.15, 0.2) is 5.03 Å². The molecule has 160 valence electrons. The molecule has 7 nitrogen and oxygen atoms in total. The van der Waals surface area contributed by atoms with E-state index in [4.69, 9.17) is 0 Å². The largest absolute Gasteiger partial charge is 0.338 e. The third kappa shape index (κ3) is 4.06. The number of benzene rings is 1. The summed E-state index contributed by atoms with van der Waals surface area (Å²) in [5.41, 5.74) is 2.50. The second kappa shape index (κ2) is 8.35. The maximum absolute atomic E-state index is 13.0. The number of aromatic nitrogens is 2. The molecule has 0 spiro atoms. The minimum atomic E-state index is -3.61. The van der Waals surface area contributed by atoms with Gasteiger partial charge in [-0.15, -0.1) is 0 Å². The molecule has 0 radical (unpaired) electrons. The highest BCUT2D eigenvalue weighted by Crippen LogP contribution is 2.27. The van der Waals surface area contributed by atoms with E-state index >= 15 is 0 Å². The van der Waals surface area contributed by atoms with Crippen LogP contribution in [-0.2, 0) is 21.9 Å². The van der Waals surface area contributed by atoms with Crippen molar-refractivity contribution in [3.63, 3.8) is 0 Å². The number of rotatable bonds is 4. The van der Waals surface area contributed by atoms with E-state index in [9.17, 15) is 13.2 Å². The van der Waals surface area contributed by atoms with E-state index in [0.29, 0.717) is 44.8 Å². The van der Waals surface area contributed by atoms with E-state index < -0.39 is 10.0 Å².